The van der Waals surface area contributed by atoms with Gasteiger partial charge in [-0.3, -0.25) is 24.0 Å². The molecule has 198 valence electrons. The Kier molecular flexibility index (Phi) is 9.53. The number of rotatable bonds is 11. The van der Waals surface area contributed by atoms with E-state index < -0.39 is 72.6 Å². The number of carboxylic acids is 1. The maximum absolute atomic E-state index is 13.2. The highest BCUT2D eigenvalue weighted by Crippen LogP contribution is 2.42. The minimum atomic E-state index is -4.64. The van der Waals surface area contributed by atoms with Gasteiger partial charge in [-0.15, -0.1) is 0 Å². The highest BCUT2D eigenvalue weighted by molar-refractivity contribution is 6.03. The van der Waals surface area contributed by atoms with Crippen LogP contribution < -0.4 is 0 Å². The van der Waals surface area contributed by atoms with E-state index in [1.807, 2.05) is 0 Å². The molecule has 0 heterocycles. The zero-order valence-corrected chi connectivity index (χ0v) is 19.7. The van der Waals surface area contributed by atoms with E-state index in [0.717, 1.165) is 26.0 Å². The molecular formula is C25H23F3O9. The summed E-state index contributed by atoms with van der Waals surface area (Å²) in [6, 6.07) is 10.7. The van der Waals surface area contributed by atoms with Gasteiger partial charge in [0.1, 0.15) is 6.61 Å². The van der Waals surface area contributed by atoms with E-state index in [9.17, 15) is 42.3 Å². The minimum absolute atomic E-state index is 0.168. The first-order valence-corrected chi connectivity index (χ1v) is 10.7. The van der Waals surface area contributed by atoms with Crippen molar-refractivity contribution in [2.45, 2.75) is 32.4 Å². The van der Waals surface area contributed by atoms with Gasteiger partial charge in [-0.2, -0.15) is 13.2 Å². The fourth-order valence-electron chi connectivity index (χ4n) is 3.52. The SMILES string of the molecule is CC(=O)OCOC(=O)C(COC(C)=O)(C(=O)O)C(CC(=O)c1ccc(C(F)(F)F)cc1)c1ccccc1. The summed E-state index contributed by atoms with van der Waals surface area (Å²) >= 11 is 0. The Morgan fingerprint density at radius 2 is 1.41 bits per heavy atom. The lowest BCUT2D eigenvalue weighted by Gasteiger charge is -2.34. The summed E-state index contributed by atoms with van der Waals surface area (Å²) in [5.41, 5.74) is -3.68. The molecular weight excluding hydrogens is 501 g/mol. The van der Waals surface area contributed by atoms with Crippen LogP contribution >= 0.6 is 0 Å². The van der Waals surface area contributed by atoms with Crippen molar-refractivity contribution in [1.29, 1.82) is 0 Å². The zero-order chi connectivity index (χ0) is 27.8. The van der Waals surface area contributed by atoms with Crippen LogP contribution in [0.1, 0.15) is 47.7 Å². The van der Waals surface area contributed by atoms with Crippen LogP contribution in [0.2, 0.25) is 0 Å². The van der Waals surface area contributed by atoms with Crippen LogP contribution in [0.15, 0.2) is 54.6 Å². The third-order valence-electron chi connectivity index (χ3n) is 5.42. The third-order valence-corrected chi connectivity index (χ3v) is 5.42. The molecule has 0 radical (unpaired) electrons. The molecule has 0 aliphatic rings. The molecule has 2 aromatic rings. The lowest BCUT2D eigenvalue weighted by atomic mass is 9.69. The van der Waals surface area contributed by atoms with Gasteiger partial charge in [-0.1, -0.05) is 42.5 Å². The lowest BCUT2D eigenvalue weighted by molar-refractivity contribution is -0.186. The number of aliphatic carboxylic acids is 1. The van der Waals surface area contributed by atoms with E-state index in [4.69, 9.17) is 9.47 Å². The third kappa shape index (κ3) is 7.38. The van der Waals surface area contributed by atoms with Gasteiger partial charge in [0.2, 0.25) is 12.2 Å². The van der Waals surface area contributed by atoms with Crippen molar-refractivity contribution >= 4 is 29.7 Å². The highest BCUT2D eigenvalue weighted by atomic mass is 19.4. The Morgan fingerprint density at radius 1 is 0.838 bits per heavy atom. The van der Waals surface area contributed by atoms with Crippen molar-refractivity contribution in [3.8, 4) is 0 Å². The first-order chi connectivity index (χ1) is 17.3. The van der Waals surface area contributed by atoms with Crippen LogP contribution in [-0.4, -0.2) is 48.2 Å². The summed E-state index contributed by atoms with van der Waals surface area (Å²) < 4.78 is 53.0. The Bertz CT molecular complexity index is 1140. The van der Waals surface area contributed by atoms with Gasteiger partial charge in [0.05, 0.1) is 5.56 Å². The van der Waals surface area contributed by atoms with Crippen molar-refractivity contribution in [1.82, 2.24) is 0 Å². The van der Waals surface area contributed by atoms with E-state index in [2.05, 4.69) is 4.74 Å². The molecule has 0 fully saturated rings. The Labute approximate surface area is 209 Å². The second-order valence-corrected chi connectivity index (χ2v) is 7.91. The molecule has 0 bridgehead atoms. The second kappa shape index (κ2) is 12.2. The molecule has 2 atom stereocenters. The van der Waals surface area contributed by atoms with E-state index in [1.54, 1.807) is 6.07 Å². The van der Waals surface area contributed by atoms with Crippen molar-refractivity contribution in [3.63, 3.8) is 0 Å². The predicted molar refractivity (Wildman–Crippen MR) is 119 cm³/mol. The molecule has 0 aliphatic carbocycles. The Hall–Kier alpha value is -4.22. The summed E-state index contributed by atoms with van der Waals surface area (Å²) in [5.74, 6) is -7.33. The van der Waals surface area contributed by atoms with Gasteiger partial charge >= 0.3 is 30.1 Å². The number of carbonyl (C=O) groups excluding carboxylic acids is 4. The number of esters is 3. The summed E-state index contributed by atoms with van der Waals surface area (Å²) in [7, 11) is 0. The molecule has 0 saturated carbocycles. The van der Waals surface area contributed by atoms with Gasteiger partial charge in [0.15, 0.2) is 5.78 Å². The maximum Gasteiger partial charge on any atom is 0.416 e. The van der Waals surface area contributed by atoms with E-state index in [1.165, 1.54) is 24.3 Å². The molecule has 0 aliphatic heterocycles. The number of Topliss-reactive ketones (excluding diaryl/α,β-unsaturated/α-hetero) is 1. The minimum Gasteiger partial charge on any atom is -0.480 e. The molecule has 0 amide bonds. The maximum atomic E-state index is 13.2. The number of carboxylic acid groups (broad SMARTS) is 1. The summed E-state index contributed by atoms with van der Waals surface area (Å²) in [4.78, 5) is 61.5. The Balaban J connectivity index is 2.57. The number of hydrogen-bond acceptors (Lipinski definition) is 8. The van der Waals surface area contributed by atoms with Crippen molar-refractivity contribution < 1.29 is 56.5 Å². The second-order valence-electron chi connectivity index (χ2n) is 7.91. The predicted octanol–water partition coefficient (Wildman–Crippen LogP) is 3.76. The van der Waals surface area contributed by atoms with Crippen molar-refractivity contribution in [2.24, 2.45) is 5.41 Å². The van der Waals surface area contributed by atoms with E-state index in [-0.39, 0.29) is 11.1 Å². The van der Waals surface area contributed by atoms with E-state index >= 15 is 0 Å². The molecule has 2 aromatic carbocycles. The van der Waals surface area contributed by atoms with Crippen LogP contribution in [-0.2, 0) is 39.6 Å². The lowest BCUT2D eigenvalue weighted by Crippen LogP contribution is -2.50. The first kappa shape index (κ1) is 29.0. The fraction of sp³-hybridized carbons (Fsp3) is 0.320. The number of ether oxygens (including phenoxy) is 3. The molecule has 9 nitrogen and oxygen atoms in total. The monoisotopic (exact) mass is 524 g/mol. The van der Waals surface area contributed by atoms with Crippen LogP contribution in [0.5, 0.6) is 0 Å². The van der Waals surface area contributed by atoms with Crippen LogP contribution in [0.25, 0.3) is 0 Å². The van der Waals surface area contributed by atoms with Crippen LogP contribution in [0, 0.1) is 5.41 Å². The van der Waals surface area contributed by atoms with Gasteiger partial charge in [0, 0.05) is 31.7 Å². The quantitative estimate of drug-likeness (QED) is 0.202. The molecule has 12 heteroatoms. The van der Waals surface area contributed by atoms with Gasteiger partial charge in [-0.25, -0.2) is 0 Å². The number of benzene rings is 2. The van der Waals surface area contributed by atoms with Gasteiger partial charge in [-0.05, 0) is 17.7 Å². The molecule has 2 unspecified atom stereocenters. The summed E-state index contributed by atoms with van der Waals surface area (Å²) in [5, 5.41) is 10.2. The van der Waals surface area contributed by atoms with Crippen LogP contribution in [0.4, 0.5) is 13.2 Å². The number of halogens is 3. The van der Waals surface area contributed by atoms with Crippen LogP contribution in [0.3, 0.4) is 0 Å². The topological polar surface area (TPSA) is 133 Å². The average molecular weight is 524 g/mol. The molecule has 37 heavy (non-hydrogen) atoms. The molecule has 1 N–H and O–H groups in total. The summed E-state index contributed by atoms with van der Waals surface area (Å²) in [6.45, 7) is 0.00236. The van der Waals surface area contributed by atoms with Crippen molar-refractivity contribution in [2.75, 3.05) is 13.4 Å². The zero-order valence-electron chi connectivity index (χ0n) is 19.7. The Morgan fingerprint density at radius 3 is 1.89 bits per heavy atom. The number of ketones is 1. The molecule has 0 aromatic heterocycles. The first-order valence-electron chi connectivity index (χ1n) is 10.7. The van der Waals surface area contributed by atoms with Crippen molar-refractivity contribution in [3.05, 3.63) is 71.3 Å². The highest BCUT2D eigenvalue weighted by Gasteiger charge is 2.56. The standard InChI is InChI=1S/C25H23F3O9/c1-15(29)35-13-24(22(32)33,23(34)37-14-36-16(2)30)20(17-6-4-3-5-7-17)12-21(31)18-8-10-19(11-9-18)25(26,27)28/h3-11,20H,12-14H2,1-2H3,(H,32,33). The van der Waals surface area contributed by atoms with E-state index in [0.29, 0.717) is 12.1 Å². The largest absolute Gasteiger partial charge is 0.480 e. The number of alkyl halides is 3. The molecule has 2 rings (SSSR count). The van der Waals surface area contributed by atoms with Gasteiger partial charge in [0.25, 0.3) is 0 Å². The normalized spacial score (nSPS) is 13.5. The molecule has 0 spiro atoms. The number of carbonyl (C=O) groups is 5. The smallest absolute Gasteiger partial charge is 0.416 e. The average Bonchev–Trinajstić information content (AvgIpc) is 2.83. The fourth-order valence-corrected chi connectivity index (χ4v) is 3.52. The summed E-state index contributed by atoms with van der Waals surface area (Å²) in [6.07, 6.45) is -5.33. The number of hydrogen-bond donors (Lipinski definition) is 1. The molecule has 0 saturated heterocycles. The van der Waals surface area contributed by atoms with Gasteiger partial charge < -0.3 is 19.3 Å².